The highest BCUT2D eigenvalue weighted by molar-refractivity contribution is 5.94. The number of rotatable bonds is 2. The van der Waals surface area contributed by atoms with Gasteiger partial charge < -0.3 is 9.84 Å². The molecule has 0 spiro atoms. The number of hydrogen-bond donors (Lipinski definition) is 2. The average molecular weight is 186 g/mol. The number of hydrogen-bond acceptors (Lipinski definition) is 6. The van der Waals surface area contributed by atoms with Crippen molar-refractivity contribution < 1.29 is 19.8 Å². The zero-order chi connectivity index (χ0) is 9.84. The fraction of sp³-hybridized carbons (Fsp3) is 0.429. The van der Waals surface area contributed by atoms with Gasteiger partial charge in [-0.15, -0.1) is 0 Å². The second kappa shape index (κ2) is 3.90. The summed E-state index contributed by atoms with van der Waals surface area (Å²) in [6, 6.07) is -0.976. The monoisotopic (exact) mass is 186 g/mol. The van der Waals surface area contributed by atoms with Crippen LogP contribution in [0.1, 0.15) is 6.92 Å². The Balaban J connectivity index is 2.64. The van der Waals surface area contributed by atoms with E-state index in [0.717, 1.165) is 12.4 Å². The van der Waals surface area contributed by atoms with E-state index < -0.39 is 12.0 Å². The zero-order valence-electron chi connectivity index (χ0n) is 7.04. The van der Waals surface area contributed by atoms with Crippen molar-refractivity contribution >= 4 is 12.2 Å². The molecule has 0 saturated heterocycles. The van der Waals surface area contributed by atoms with Crippen molar-refractivity contribution in [1.29, 1.82) is 0 Å². The van der Waals surface area contributed by atoms with Crippen LogP contribution in [0.5, 0.6) is 0 Å². The van der Waals surface area contributed by atoms with E-state index in [-0.39, 0.29) is 12.5 Å². The lowest BCUT2D eigenvalue weighted by Gasteiger charge is -2.21. The van der Waals surface area contributed by atoms with Gasteiger partial charge in [-0.25, -0.2) is 14.9 Å². The number of carbonyl (C=O) groups excluding carboxylic acids is 1. The Morgan fingerprint density at radius 3 is 3.08 bits per heavy atom. The zero-order valence-corrected chi connectivity index (χ0v) is 7.04. The fourth-order valence-corrected chi connectivity index (χ4v) is 0.844. The smallest absolute Gasteiger partial charge is 0.336 e. The first-order valence-corrected chi connectivity index (χ1v) is 3.74. The van der Waals surface area contributed by atoms with Gasteiger partial charge in [-0.3, -0.25) is 5.21 Å². The van der Waals surface area contributed by atoms with E-state index in [2.05, 4.69) is 9.73 Å². The van der Waals surface area contributed by atoms with Crippen molar-refractivity contribution in [2.24, 2.45) is 4.99 Å². The lowest BCUT2D eigenvalue weighted by Crippen LogP contribution is -2.40. The third-order valence-electron chi connectivity index (χ3n) is 1.41. The number of ether oxygens (including phenoxy) is 1. The number of carbonyl (C=O) groups is 1. The molecule has 1 unspecified atom stereocenters. The third kappa shape index (κ3) is 2.19. The molecule has 6 heteroatoms. The minimum Gasteiger partial charge on any atom is -0.492 e. The van der Waals surface area contributed by atoms with Crippen LogP contribution in [0.2, 0.25) is 0 Å². The van der Waals surface area contributed by atoms with Crippen LogP contribution in [0, 0.1) is 0 Å². The summed E-state index contributed by atoms with van der Waals surface area (Å²) in [5.74, 6) is -0.972. The molecular weight excluding hydrogens is 176 g/mol. The molecule has 1 aliphatic heterocycles. The van der Waals surface area contributed by atoms with Crippen LogP contribution >= 0.6 is 0 Å². The second-order valence-corrected chi connectivity index (χ2v) is 2.34. The third-order valence-corrected chi connectivity index (χ3v) is 1.41. The molecule has 0 aromatic heterocycles. The first-order chi connectivity index (χ1) is 6.15. The summed E-state index contributed by atoms with van der Waals surface area (Å²) in [4.78, 5) is 14.5. The highest BCUT2D eigenvalue weighted by Gasteiger charge is 2.25. The van der Waals surface area contributed by atoms with Crippen LogP contribution in [0.4, 0.5) is 0 Å². The van der Waals surface area contributed by atoms with E-state index in [0.29, 0.717) is 5.06 Å². The maximum atomic E-state index is 11.1. The van der Waals surface area contributed by atoms with Crippen LogP contribution in [0.3, 0.4) is 0 Å². The van der Waals surface area contributed by atoms with Gasteiger partial charge in [-0.1, -0.05) is 0 Å². The summed E-state index contributed by atoms with van der Waals surface area (Å²) in [5.41, 5.74) is 0. The highest BCUT2D eigenvalue weighted by atomic mass is 16.6. The lowest BCUT2D eigenvalue weighted by molar-refractivity contribution is -0.157. The Hall–Kier alpha value is -1.56. The normalized spacial score (nSPS) is 21.2. The molecule has 1 heterocycles. The summed E-state index contributed by atoms with van der Waals surface area (Å²) >= 11 is 0. The average Bonchev–Trinajstić information content (AvgIpc) is 2.04. The highest BCUT2D eigenvalue weighted by Crippen LogP contribution is 2.06. The predicted molar refractivity (Wildman–Crippen MR) is 43.3 cm³/mol. The standard InChI is InChI=1S/C7H10N2O4/c1-2-13-7(11)5-3-8-6(10)4-9(5)12/h3-5,10,12H,2H2,1H3. The molecule has 0 aromatic rings. The minimum atomic E-state index is -0.976. The lowest BCUT2D eigenvalue weighted by atomic mass is 10.3. The van der Waals surface area contributed by atoms with Gasteiger partial charge in [0.2, 0.25) is 5.88 Å². The van der Waals surface area contributed by atoms with E-state index in [4.69, 9.17) is 10.3 Å². The van der Waals surface area contributed by atoms with Gasteiger partial charge >= 0.3 is 5.97 Å². The molecule has 2 N–H and O–H groups in total. The number of aliphatic hydroxyl groups excluding tert-OH is 1. The number of hydroxylamine groups is 2. The Kier molecular flexibility index (Phi) is 2.86. The molecule has 0 radical (unpaired) electrons. The van der Waals surface area contributed by atoms with Gasteiger partial charge in [0.25, 0.3) is 0 Å². The van der Waals surface area contributed by atoms with Crippen LogP contribution < -0.4 is 0 Å². The Bertz CT molecular complexity index is 261. The van der Waals surface area contributed by atoms with Crippen LogP contribution in [0.25, 0.3) is 0 Å². The summed E-state index contributed by atoms with van der Waals surface area (Å²) in [6.45, 7) is 1.89. The number of aliphatic imine (C=N–C) groups is 1. The molecule has 0 bridgehead atoms. The van der Waals surface area contributed by atoms with Crippen molar-refractivity contribution in [1.82, 2.24) is 5.06 Å². The van der Waals surface area contributed by atoms with Gasteiger partial charge in [-0.05, 0) is 6.92 Å². The van der Waals surface area contributed by atoms with Crippen LogP contribution in [-0.4, -0.2) is 40.2 Å². The van der Waals surface area contributed by atoms with E-state index in [1.807, 2.05) is 0 Å². The van der Waals surface area contributed by atoms with Crippen molar-refractivity contribution in [3.63, 3.8) is 0 Å². The summed E-state index contributed by atoms with van der Waals surface area (Å²) < 4.78 is 4.64. The summed E-state index contributed by atoms with van der Waals surface area (Å²) in [6.07, 6.45) is 2.04. The fourth-order valence-electron chi connectivity index (χ4n) is 0.844. The van der Waals surface area contributed by atoms with E-state index >= 15 is 0 Å². The second-order valence-electron chi connectivity index (χ2n) is 2.34. The molecule has 1 aliphatic rings. The van der Waals surface area contributed by atoms with Crippen molar-refractivity contribution in [2.75, 3.05) is 6.61 Å². The molecular formula is C7H10N2O4. The Morgan fingerprint density at radius 1 is 1.85 bits per heavy atom. The SMILES string of the molecule is CCOC(=O)C1C=NC(O)=CN1O. The molecule has 0 fully saturated rings. The summed E-state index contributed by atoms with van der Waals surface area (Å²) in [5, 5.41) is 18.5. The molecule has 0 amide bonds. The van der Waals surface area contributed by atoms with Crippen LogP contribution in [-0.2, 0) is 9.53 Å². The molecule has 0 aromatic carbocycles. The van der Waals surface area contributed by atoms with Gasteiger partial charge in [-0.2, -0.15) is 0 Å². The van der Waals surface area contributed by atoms with Gasteiger partial charge in [0.05, 0.1) is 12.8 Å². The maximum Gasteiger partial charge on any atom is 0.336 e. The van der Waals surface area contributed by atoms with Gasteiger partial charge in [0, 0.05) is 6.21 Å². The molecule has 72 valence electrons. The molecule has 0 saturated carbocycles. The number of esters is 1. The first-order valence-electron chi connectivity index (χ1n) is 3.74. The summed E-state index contributed by atoms with van der Waals surface area (Å²) in [7, 11) is 0. The van der Waals surface area contributed by atoms with Gasteiger partial charge in [0.15, 0.2) is 6.04 Å². The van der Waals surface area contributed by atoms with Gasteiger partial charge in [0.1, 0.15) is 0 Å². The number of nitrogens with zero attached hydrogens (tertiary/aromatic N) is 2. The molecule has 6 nitrogen and oxygen atoms in total. The van der Waals surface area contributed by atoms with Crippen molar-refractivity contribution in [3.05, 3.63) is 12.1 Å². The molecule has 0 aliphatic carbocycles. The first kappa shape index (κ1) is 9.53. The topological polar surface area (TPSA) is 82.4 Å². The molecule has 1 rings (SSSR count). The Morgan fingerprint density at radius 2 is 2.54 bits per heavy atom. The number of aliphatic hydroxyl groups is 1. The van der Waals surface area contributed by atoms with Crippen molar-refractivity contribution in [3.8, 4) is 0 Å². The maximum absolute atomic E-state index is 11.1. The minimum absolute atomic E-state index is 0.229. The van der Waals surface area contributed by atoms with E-state index in [9.17, 15) is 4.79 Å². The van der Waals surface area contributed by atoms with E-state index in [1.54, 1.807) is 6.92 Å². The van der Waals surface area contributed by atoms with Crippen molar-refractivity contribution in [2.45, 2.75) is 13.0 Å². The quantitative estimate of drug-likeness (QED) is 0.595. The Labute approximate surface area is 74.7 Å². The molecule has 1 atom stereocenters. The predicted octanol–water partition coefficient (Wildman–Crippen LogP) is 0.0506. The molecule has 13 heavy (non-hydrogen) atoms. The van der Waals surface area contributed by atoms with E-state index in [1.165, 1.54) is 0 Å². The largest absolute Gasteiger partial charge is 0.492 e. The van der Waals surface area contributed by atoms with Crippen LogP contribution in [0.15, 0.2) is 17.1 Å².